The van der Waals surface area contributed by atoms with Gasteiger partial charge in [0.15, 0.2) is 0 Å². The number of nitro groups is 1. The van der Waals surface area contributed by atoms with Gasteiger partial charge < -0.3 is 10.1 Å². The molecule has 0 amide bonds. The van der Waals surface area contributed by atoms with E-state index in [4.69, 9.17) is 4.74 Å². The summed E-state index contributed by atoms with van der Waals surface area (Å²) in [7, 11) is -2.27. The third-order valence-corrected chi connectivity index (χ3v) is 4.96. The van der Waals surface area contributed by atoms with Crippen LogP contribution in [0.1, 0.15) is 12.0 Å². The number of nitro benzene ring substituents is 1. The highest BCUT2D eigenvalue weighted by atomic mass is 32.2. The Balaban J connectivity index is 2.42. The van der Waals surface area contributed by atoms with Gasteiger partial charge in [-0.05, 0) is 25.0 Å². The predicted molar refractivity (Wildman–Crippen MR) is 76.9 cm³/mol. The van der Waals surface area contributed by atoms with Gasteiger partial charge in [0.05, 0.1) is 16.4 Å². The zero-order valence-electron chi connectivity index (χ0n) is 11.8. The molecule has 2 N–H and O–H groups in total. The minimum Gasteiger partial charge on any atom is -0.383 e. The third-order valence-electron chi connectivity index (χ3n) is 3.30. The van der Waals surface area contributed by atoms with Crippen molar-refractivity contribution in [3.63, 3.8) is 0 Å². The van der Waals surface area contributed by atoms with Gasteiger partial charge in [-0.3, -0.25) is 10.1 Å². The molecule has 0 saturated carbocycles. The van der Waals surface area contributed by atoms with E-state index in [1.807, 2.05) is 0 Å². The number of rotatable bonds is 5. The molecule has 1 saturated heterocycles. The molecule has 1 aliphatic rings. The van der Waals surface area contributed by atoms with Crippen molar-refractivity contribution in [3.05, 3.63) is 27.8 Å². The molecule has 1 unspecified atom stereocenters. The molecule has 2 rings (SSSR count). The van der Waals surface area contributed by atoms with Crippen molar-refractivity contribution in [2.75, 3.05) is 25.6 Å². The fourth-order valence-corrected chi connectivity index (χ4v) is 3.73. The maximum Gasteiger partial charge on any atom is 0.293 e. The quantitative estimate of drug-likeness (QED) is 0.620. The number of ether oxygens (including phenoxy) is 1. The van der Waals surface area contributed by atoms with Crippen LogP contribution in [0, 0.1) is 17.0 Å². The summed E-state index contributed by atoms with van der Waals surface area (Å²) in [4.78, 5) is 10.4. The van der Waals surface area contributed by atoms with Crippen molar-refractivity contribution >= 4 is 21.4 Å². The summed E-state index contributed by atoms with van der Waals surface area (Å²) in [6.07, 6.45) is 0.592. The first-order valence-corrected chi connectivity index (χ1v) is 7.90. The summed E-state index contributed by atoms with van der Waals surface area (Å²) >= 11 is 0. The van der Waals surface area contributed by atoms with Crippen LogP contribution in [0.3, 0.4) is 0 Å². The van der Waals surface area contributed by atoms with Crippen LogP contribution in [0.25, 0.3) is 0 Å². The number of nitrogens with zero attached hydrogens (tertiary/aromatic N) is 1. The summed E-state index contributed by atoms with van der Waals surface area (Å²) in [5.41, 5.74) is 0.447. The van der Waals surface area contributed by atoms with Crippen molar-refractivity contribution in [2.24, 2.45) is 0 Å². The first-order chi connectivity index (χ1) is 9.85. The molecular formula is C12H17N3O5S. The van der Waals surface area contributed by atoms with Crippen LogP contribution in [0.2, 0.25) is 0 Å². The number of anilines is 1. The highest BCUT2D eigenvalue weighted by Crippen LogP contribution is 2.30. The molecule has 1 atom stereocenters. The maximum atomic E-state index is 12.4. The fraction of sp³-hybridized carbons (Fsp3) is 0.500. The number of aryl methyl sites for hydroxylation is 1. The Bertz CT molecular complexity index is 653. The fourth-order valence-electron chi connectivity index (χ4n) is 2.23. The van der Waals surface area contributed by atoms with E-state index in [-0.39, 0.29) is 22.3 Å². The molecule has 1 heterocycles. The third kappa shape index (κ3) is 3.31. The second kappa shape index (κ2) is 5.96. The monoisotopic (exact) mass is 315 g/mol. The smallest absolute Gasteiger partial charge is 0.293 e. The van der Waals surface area contributed by atoms with Gasteiger partial charge in [0.1, 0.15) is 5.69 Å². The van der Waals surface area contributed by atoms with Gasteiger partial charge in [0, 0.05) is 25.8 Å². The van der Waals surface area contributed by atoms with Crippen molar-refractivity contribution in [1.29, 1.82) is 0 Å². The number of sulfonamides is 1. The first kappa shape index (κ1) is 15.7. The van der Waals surface area contributed by atoms with Crippen molar-refractivity contribution in [1.82, 2.24) is 4.72 Å². The van der Waals surface area contributed by atoms with Crippen LogP contribution in [0.4, 0.5) is 11.4 Å². The minimum absolute atomic E-state index is 0.0832. The van der Waals surface area contributed by atoms with Gasteiger partial charge in [0.25, 0.3) is 5.69 Å². The highest BCUT2D eigenvalue weighted by Gasteiger charge is 2.27. The minimum atomic E-state index is -3.82. The zero-order valence-corrected chi connectivity index (χ0v) is 12.6. The largest absolute Gasteiger partial charge is 0.383 e. The molecule has 1 aromatic carbocycles. The van der Waals surface area contributed by atoms with Crippen LogP contribution < -0.4 is 10.0 Å². The Hall–Kier alpha value is -1.71. The number of nitrogens with one attached hydrogen (secondary N) is 2. The summed E-state index contributed by atoms with van der Waals surface area (Å²) < 4.78 is 32.4. The Morgan fingerprint density at radius 3 is 2.67 bits per heavy atom. The van der Waals surface area contributed by atoms with Gasteiger partial charge in [-0.15, -0.1) is 0 Å². The summed E-state index contributed by atoms with van der Waals surface area (Å²) in [5, 5.41) is 13.7. The zero-order chi connectivity index (χ0) is 15.6. The van der Waals surface area contributed by atoms with Crippen molar-refractivity contribution in [2.45, 2.75) is 24.3 Å². The lowest BCUT2D eigenvalue weighted by molar-refractivity contribution is -0.384. The van der Waals surface area contributed by atoms with Crippen molar-refractivity contribution in [3.8, 4) is 0 Å². The van der Waals surface area contributed by atoms with E-state index in [9.17, 15) is 18.5 Å². The number of benzene rings is 1. The summed E-state index contributed by atoms with van der Waals surface area (Å²) in [5.74, 6) is 0. The van der Waals surface area contributed by atoms with Crippen LogP contribution in [-0.4, -0.2) is 39.6 Å². The molecule has 0 spiro atoms. The molecular weight excluding hydrogens is 298 g/mol. The standard InChI is InChI=1S/C12H17N3O5S/c1-8-5-10(13-2)11(15(16)17)6-12(8)21(18,19)14-9-3-4-20-7-9/h5-6,9,13-14H,3-4,7H2,1-2H3. The molecule has 8 nitrogen and oxygen atoms in total. The van der Waals surface area contributed by atoms with Gasteiger partial charge in [-0.1, -0.05) is 0 Å². The van der Waals surface area contributed by atoms with Crippen LogP contribution in [-0.2, 0) is 14.8 Å². The lowest BCUT2D eigenvalue weighted by Crippen LogP contribution is -2.35. The van der Waals surface area contributed by atoms with E-state index >= 15 is 0 Å². The lowest BCUT2D eigenvalue weighted by atomic mass is 10.2. The molecule has 116 valence electrons. The van der Waals surface area contributed by atoms with Gasteiger partial charge in [0.2, 0.25) is 10.0 Å². The molecule has 0 bridgehead atoms. The molecule has 0 aliphatic carbocycles. The van der Waals surface area contributed by atoms with E-state index in [1.165, 1.54) is 6.07 Å². The van der Waals surface area contributed by atoms with Gasteiger partial charge in [-0.25, -0.2) is 13.1 Å². The normalized spacial score (nSPS) is 18.7. The average Bonchev–Trinajstić information content (AvgIpc) is 2.89. The Morgan fingerprint density at radius 1 is 1.43 bits per heavy atom. The molecule has 1 aromatic rings. The Kier molecular flexibility index (Phi) is 4.45. The first-order valence-electron chi connectivity index (χ1n) is 6.42. The van der Waals surface area contributed by atoms with Crippen LogP contribution >= 0.6 is 0 Å². The maximum absolute atomic E-state index is 12.4. The molecule has 21 heavy (non-hydrogen) atoms. The molecule has 1 fully saturated rings. The lowest BCUT2D eigenvalue weighted by Gasteiger charge is -2.14. The number of hydrogen-bond donors (Lipinski definition) is 2. The Morgan fingerprint density at radius 2 is 2.14 bits per heavy atom. The molecule has 0 aromatic heterocycles. The second-order valence-corrected chi connectivity index (χ2v) is 6.51. The SMILES string of the molecule is CNc1cc(C)c(S(=O)(=O)NC2CCOC2)cc1[N+](=O)[O-]. The molecule has 1 aliphatic heterocycles. The van der Waals surface area contributed by atoms with E-state index in [0.717, 1.165) is 6.07 Å². The summed E-state index contributed by atoms with van der Waals surface area (Å²) in [6.45, 7) is 2.42. The second-order valence-electron chi connectivity index (χ2n) is 4.82. The highest BCUT2D eigenvalue weighted by molar-refractivity contribution is 7.89. The van der Waals surface area contributed by atoms with Crippen LogP contribution in [0.15, 0.2) is 17.0 Å². The Labute approximate surface area is 122 Å². The predicted octanol–water partition coefficient (Wildman–Crippen LogP) is 1.01. The molecule has 9 heteroatoms. The van der Waals surface area contributed by atoms with E-state index in [1.54, 1.807) is 14.0 Å². The van der Waals surface area contributed by atoms with E-state index in [0.29, 0.717) is 25.2 Å². The van der Waals surface area contributed by atoms with E-state index in [2.05, 4.69) is 10.0 Å². The molecule has 0 radical (unpaired) electrons. The van der Waals surface area contributed by atoms with E-state index < -0.39 is 14.9 Å². The average molecular weight is 315 g/mol. The number of hydrogen-bond acceptors (Lipinski definition) is 6. The van der Waals surface area contributed by atoms with Gasteiger partial charge >= 0.3 is 0 Å². The summed E-state index contributed by atoms with van der Waals surface area (Å²) in [6, 6.07) is 2.24. The topological polar surface area (TPSA) is 111 Å². The van der Waals surface area contributed by atoms with Crippen LogP contribution in [0.5, 0.6) is 0 Å². The van der Waals surface area contributed by atoms with Crippen molar-refractivity contribution < 1.29 is 18.1 Å². The van der Waals surface area contributed by atoms with Gasteiger partial charge in [-0.2, -0.15) is 0 Å².